The summed E-state index contributed by atoms with van der Waals surface area (Å²) in [5.74, 6) is -0.828. The molecule has 0 saturated heterocycles. The number of nitrogens with zero attached hydrogens (tertiary/aromatic N) is 3. The molecule has 0 unspecified atom stereocenters. The number of fused-ring (bicyclic) bond motifs is 2. The quantitative estimate of drug-likeness (QED) is 0.836. The Morgan fingerprint density at radius 2 is 2.18 bits per heavy atom. The number of H-pyrrole nitrogens is 1. The van der Waals surface area contributed by atoms with Crippen LogP contribution in [0.3, 0.4) is 0 Å². The van der Waals surface area contributed by atoms with Crippen molar-refractivity contribution in [2.45, 2.75) is 33.4 Å². The van der Waals surface area contributed by atoms with Crippen molar-refractivity contribution in [2.75, 3.05) is 6.61 Å². The van der Waals surface area contributed by atoms with Gasteiger partial charge in [-0.05, 0) is 20.8 Å². The second-order valence-electron chi connectivity index (χ2n) is 5.35. The van der Waals surface area contributed by atoms with Crippen molar-refractivity contribution in [3.8, 4) is 0 Å². The van der Waals surface area contributed by atoms with Crippen LogP contribution in [0.5, 0.6) is 0 Å². The molecule has 8 heteroatoms. The number of carbonyl (C=O) groups excluding carboxylic acids is 2. The number of rotatable bonds is 3. The first-order valence-corrected chi connectivity index (χ1v) is 7.06. The molecule has 1 aliphatic rings. The molecule has 1 aliphatic heterocycles. The number of amides is 1. The summed E-state index contributed by atoms with van der Waals surface area (Å²) in [4.78, 5) is 42.3. The van der Waals surface area contributed by atoms with E-state index in [9.17, 15) is 14.4 Å². The molecular weight excluding hydrogens is 288 g/mol. The smallest absolute Gasteiger partial charge is 0.356 e. The highest BCUT2D eigenvalue weighted by Crippen LogP contribution is 2.21. The Hall–Kier alpha value is -2.64. The van der Waals surface area contributed by atoms with Crippen LogP contribution < -0.4 is 5.56 Å². The van der Waals surface area contributed by atoms with E-state index in [1.165, 1.54) is 10.6 Å². The van der Waals surface area contributed by atoms with Crippen LogP contribution >= 0.6 is 0 Å². The average Bonchev–Trinajstić information content (AvgIpc) is 3.03. The lowest BCUT2D eigenvalue weighted by atomic mass is 10.2. The molecule has 3 rings (SSSR count). The van der Waals surface area contributed by atoms with E-state index in [0.717, 1.165) is 0 Å². The van der Waals surface area contributed by atoms with Crippen molar-refractivity contribution in [3.63, 3.8) is 0 Å². The van der Waals surface area contributed by atoms with Gasteiger partial charge >= 0.3 is 5.97 Å². The van der Waals surface area contributed by atoms with Crippen LogP contribution in [0.1, 0.15) is 47.3 Å². The van der Waals surface area contributed by atoms with Gasteiger partial charge in [0.25, 0.3) is 11.5 Å². The van der Waals surface area contributed by atoms with Crippen LogP contribution in [0, 0.1) is 0 Å². The Morgan fingerprint density at radius 1 is 1.45 bits per heavy atom. The zero-order valence-corrected chi connectivity index (χ0v) is 12.5. The fourth-order valence-electron chi connectivity index (χ4n) is 2.49. The summed E-state index contributed by atoms with van der Waals surface area (Å²) >= 11 is 0. The van der Waals surface area contributed by atoms with Gasteiger partial charge in [0.15, 0.2) is 5.65 Å². The Labute approximate surface area is 125 Å². The van der Waals surface area contributed by atoms with Crippen LogP contribution in [-0.2, 0) is 11.3 Å². The third-order valence-corrected chi connectivity index (χ3v) is 3.62. The van der Waals surface area contributed by atoms with Crippen molar-refractivity contribution in [2.24, 2.45) is 0 Å². The summed E-state index contributed by atoms with van der Waals surface area (Å²) < 4.78 is 6.05. The molecule has 2 aromatic heterocycles. The minimum atomic E-state index is -0.567. The Bertz CT molecular complexity index is 833. The Balaban J connectivity index is 2.12. The van der Waals surface area contributed by atoms with Crippen LogP contribution in [0.25, 0.3) is 5.65 Å². The fraction of sp³-hybridized carbons (Fsp3) is 0.429. The molecule has 116 valence electrons. The van der Waals surface area contributed by atoms with Gasteiger partial charge < -0.3 is 9.64 Å². The van der Waals surface area contributed by atoms with Gasteiger partial charge in [-0.3, -0.25) is 14.7 Å². The second kappa shape index (κ2) is 4.97. The van der Waals surface area contributed by atoms with Gasteiger partial charge in [0, 0.05) is 12.1 Å². The highest BCUT2D eigenvalue weighted by molar-refractivity contribution is 5.97. The zero-order chi connectivity index (χ0) is 16.0. The van der Waals surface area contributed by atoms with Crippen LogP contribution in [0.4, 0.5) is 0 Å². The first-order chi connectivity index (χ1) is 10.4. The lowest BCUT2D eigenvalue weighted by Crippen LogP contribution is -2.31. The topological polar surface area (TPSA) is 96.8 Å². The minimum Gasteiger partial charge on any atom is -0.461 e. The predicted octanol–water partition coefficient (Wildman–Crippen LogP) is 0.563. The minimum absolute atomic E-state index is 0.0143. The fourth-order valence-corrected chi connectivity index (χ4v) is 2.49. The molecule has 1 N–H and O–H groups in total. The van der Waals surface area contributed by atoms with Crippen molar-refractivity contribution >= 4 is 17.5 Å². The SMILES string of the molecule is CCOC(=O)c1cc2nc3c(c(=O)n2[nH]1)CN(C(C)C)C3=O. The number of ether oxygens (including phenoxy) is 1. The van der Waals surface area contributed by atoms with Gasteiger partial charge in [-0.25, -0.2) is 14.3 Å². The van der Waals surface area contributed by atoms with Gasteiger partial charge in [0.2, 0.25) is 0 Å². The van der Waals surface area contributed by atoms with Crippen molar-refractivity contribution in [3.05, 3.63) is 33.4 Å². The highest BCUT2D eigenvalue weighted by atomic mass is 16.5. The molecule has 0 aromatic carbocycles. The molecule has 0 fully saturated rings. The largest absolute Gasteiger partial charge is 0.461 e. The summed E-state index contributed by atoms with van der Waals surface area (Å²) in [6.07, 6.45) is 0. The number of nitrogens with one attached hydrogen (secondary N) is 1. The van der Waals surface area contributed by atoms with Gasteiger partial charge in [0.05, 0.1) is 18.7 Å². The number of aromatic nitrogens is 3. The van der Waals surface area contributed by atoms with Crippen molar-refractivity contribution < 1.29 is 14.3 Å². The summed E-state index contributed by atoms with van der Waals surface area (Å²) in [6, 6.07) is 1.39. The van der Waals surface area contributed by atoms with Crippen molar-refractivity contribution in [1.82, 2.24) is 19.5 Å². The molecule has 22 heavy (non-hydrogen) atoms. The molecule has 2 aromatic rings. The van der Waals surface area contributed by atoms with E-state index >= 15 is 0 Å². The molecule has 0 atom stereocenters. The number of hydrogen-bond donors (Lipinski definition) is 1. The van der Waals surface area contributed by atoms with E-state index in [4.69, 9.17) is 4.74 Å². The van der Waals surface area contributed by atoms with E-state index < -0.39 is 5.97 Å². The zero-order valence-electron chi connectivity index (χ0n) is 12.5. The molecule has 0 saturated carbocycles. The maximum atomic E-state index is 12.5. The van der Waals surface area contributed by atoms with Crippen molar-refractivity contribution in [1.29, 1.82) is 0 Å². The second-order valence-corrected chi connectivity index (χ2v) is 5.35. The van der Waals surface area contributed by atoms with E-state index in [-0.39, 0.29) is 47.7 Å². The third kappa shape index (κ3) is 1.99. The maximum Gasteiger partial charge on any atom is 0.356 e. The maximum absolute atomic E-state index is 12.5. The van der Waals surface area contributed by atoms with E-state index in [2.05, 4.69) is 10.1 Å². The number of aromatic amines is 1. The Morgan fingerprint density at radius 3 is 2.82 bits per heavy atom. The van der Waals surface area contributed by atoms with Gasteiger partial charge in [-0.2, -0.15) is 0 Å². The number of carbonyl (C=O) groups is 2. The average molecular weight is 304 g/mol. The molecule has 0 bridgehead atoms. The third-order valence-electron chi connectivity index (χ3n) is 3.62. The van der Waals surface area contributed by atoms with Crippen LogP contribution in [-0.4, -0.2) is 44.0 Å². The van der Waals surface area contributed by atoms with Gasteiger partial charge in [-0.15, -0.1) is 0 Å². The molecular formula is C14H16N4O4. The van der Waals surface area contributed by atoms with Gasteiger partial charge in [-0.1, -0.05) is 0 Å². The lowest BCUT2D eigenvalue weighted by Gasteiger charge is -2.19. The number of esters is 1. The molecule has 0 aliphatic carbocycles. The number of hydrogen-bond acceptors (Lipinski definition) is 5. The van der Waals surface area contributed by atoms with Crippen LogP contribution in [0.2, 0.25) is 0 Å². The summed E-state index contributed by atoms with van der Waals surface area (Å²) in [5.41, 5.74) is 0.489. The predicted molar refractivity (Wildman–Crippen MR) is 76.8 cm³/mol. The molecule has 0 spiro atoms. The van der Waals surface area contributed by atoms with Gasteiger partial charge in [0.1, 0.15) is 11.4 Å². The molecule has 1 amide bonds. The van der Waals surface area contributed by atoms with E-state index in [0.29, 0.717) is 5.56 Å². The summed E-state index contributed by atoms with van der Waals surface area (Å²) in [6.45, 7) is 5.92. The molecule has 3 heterocycles. The summed E-state index contributed by atoms with van der Waals surface area (Å²) in [5, 5.41) is 2.67. The van der Waals surface area contributed by atoms with E-state index in [1.807, 2.05) is 13.8 Å². The highest BCUT2D eigenvalue weighted by Gasteiger charge is 2.34. The Kier molecular flexibility index (Phi) is 3.23. The monoisotopic (exact) mass is 304 g/mol. The standard InChI is InChI=1S/C14H16N4O4/c1-4-22-14(21)9-5-10-15-11-8(12(19)18(10)16-9)6-17(7(2)3)13(11)20/h5,7,16H,4,6H2,1-3H3. The first-order valence-electron chi connectivity index (χ1n) is 7.06. The van der Waals surface area contributed by atoms with Crippen LogP contribution in [0.15, 0.2) is 10.9 Å². The summed E-state index contributed by atoms with van der Waals surface area (Å²) in [7, 11) is 0. The normalized spacial score (nSPS) is 14.0. The molecule has 0 radical (unpaired) electrons. The lowest BCUT2D eigenvalue weighted by molar-refractivity contribution is 0.0518. The first kappa shape index (κ1) is 14.3. The van der Waals surface area contributed by atoms with E-state index in [1.54, 1.807) is 11.8 Å². The molecule has 8 nitrogen and oxygen atoms in total.